The SMILES string of the molecule is CC1CC(C)(O)CC(C)N1C(=O)OC(C)(C)C. The number of ether oxygens (including phenoxy) is 1. The molecule has 1 N–H and O–H groups in total. The summed E-state index contributed by atoms with van der Waals surface area (Å²) >= 11 is 0. The largest absolute Gasteiger partial charge is 0.444 e. The topological polar surface area (TPSA) is 49.8 Å². The number of rotatable bonds is 0. The van der Waals surface area contributed by atoms with Gasteiger partial charge in [0.25, 0.3) is 0 Å². The van der Waals surface area contributed by atoms with E-state index >= 15 is 0 Å². The third-order valence-electron chi connectivity index (χ3n) is 3.02. The summed E-state index contributed by atoms with van der Waals surface area (Å²) < 4.78 is 5.39. The fourth-order valence-electron chi connectivity index (χ4n) is 2.66. The first-order chi connectivity index (χ1) is 7.52. The Morgan fingerprint density at radius 2 is 1.71 bits per heavy atom. The summed E-state index contributed by atoms with van der Waals surface area (Å²) in [4.78, 5) is 13.8. The molecular formula is C13H25NO3. The fourth-order valence-corrected chi connectivity index (χ4v) is 2.66. The average Bonchev–Trinajstić information content (AvgIpc) is 1.94. The normalized spacial score (nSPS) is 34.6. The highest BCUT2D eigenvalue weighted by Gasteiger charge is 2.40. The van der Waals surface area contributed by atoms with Crippen molar-refractivity contribution in [1.82, 2.24) is 4.90 Å². The van der Waals surface area contributed by atoms with Gasteiger partial charge >= 0.3 is 6.09 Å². The Morgan fingerprint density at radius 3 is 2.06 bits per heavy atom. The van der Waals surface area contributed by atoms with Crippen LogP contribution in [0.25, 0.3) is 0 Å². The standard InChI is InChI=1S/C13H25NO3/c1-9-7-13(6,16)8-10(2)14(9)11(15)17-12(3,4)5/h9-10,16H,7-8H2,1-6H3. The lowest BCUT2D eigenvalue weighted by atomic mass is 9.85. The van der Waals surface area contributed by atoms with Gasteiger partial charge in [0.05, 0.1) is 5.60 Å². The van der Waals surface area contributed by atoms with E-state index in [0.717, 1.165) is 0 Å². The number of carbonyl (C=O) groups excluding carboxylic acids is 1. The van der Waals surface area contributed by atoms with E-state index in [9.17, 15) is 9.90 Å². The lowest BCUT2D eigenvalue weighted by molar-refractivity contribution is -0.0608. The van der Waals surface area contributed by atoms with E-state index in [1.165, 1.54) is 0 Å². The zero-order chi connectivity index (χ0) is 13.4. The van der Waals surface area contributed by atoms with E-state index in [4.69, 9.17) is 4.74 Å². The first-order valence-electron chi connectivity index (χ1n) is 6.25. The summed E-state index contributed by atoms with van der Waals surface area (Å²) in [6.07, 6.45) is 0.903. The molecular weight excluding hydrogens is 218 g/mol. The fraction of sp³-hybridized carbons (Fsp3) is 0.923. The van der Waals surface area contributed by atoms with Crippen LogP contribution in [0.2, 0.25) is 0 Å². The minimum atomic E-state index is -0.683. The van der Waals surface area contributed by atoms with Crippen molar-refractivity contribution in [1.29, 1.82) is 0 Å². The van der Waals surface area contributed by atoms with Gasteiger partial charge in [-0.25, -0.2) is 4.79 Å². The molecule has 0 aliphatic carbocycles. The highest BCUT2D eigenvalue weighted by atomic mass is 16.6. The van der Waals surface area contributed by atoms with Crippen molar-refractivity contribution in [3.8, 4) is 0 Å². The van der Waals surface area contributed by atoms with Gasteiger partial charge in [-0.2, -0.15) is 0 Å². The molecule has 1 aliphatic heterocycles. The number of aliphatic hydroxyl groups is 1. The number of amides is 1. The number of piperidine rings is 1. The second kappa shape index (κ2) is 4.48. The van der Waals surface area contributed by atoms with Crippen molar-refractivity contribution < 1.29 is 14.6 Å². The van der Waals surface area contributed by atoms with Gasteiger partial charge < -0.3 is 14.7 Å². The minimum Gasteiger partial charge on any atom is -0.444 e. The summed E-state index contributed by atoms with van der Waals surface area (Å²) in [6.45, 7) is 11.3. The van der Waals surface area contributed by atoms with Crippen molar-refractivity contribution >= 4 is 6.09 Å². The predicted octanol–water partition coefficient (Wildman–Crippen LogP) is 2.55. The van der Waals surface area contributed by atoms with Crippen molar-refractivity contribution in [3.63, 3.8) is 0 Å². The Bertz CT molecular complexity index is 280. The van der Waals surface area contributed by atoms with Crippen molar-refractivity contribution in [2.75, 3.05) is 0 Å². The maximum Gasteiger partial charge on any atom is 0.410 e. The van der Waals surface area contributed by atoms with Gasteiger partial charge in [0.1, 0.15) is 5.60 Å². The van der Waals surface area contributed by atoms with Crippen LogP contribution < -0.4 is 0 Å². The zero-order valence-electron chi connectivity index (χ0n) is 11.8. The average molecular weight is 243 g/mol. The molecule has 0 aromatic carbocycles. The minimum absolute atomic E-state index is 0.00333. The maximum atomic E-state index is 12.1. The van der Waals surface area contributed by atoms with Gasteiger partial charge in [0.2, 0.25) is 0 Å². The third kappa shape index (κ3) is 3.87. The molecule has 0 bridgehead atoms. The Morgan fingerprint density at radius 1 is 1.29 bits per heavy atom. The molecule has 100 valence electrons. The van der Waals surface area contributed by atoms with Crippen LogP contribution in [-0.2, 0) is 4.74 Å². The molecule has 1 aliphatic rings. The highest BCUT2D eigenvalue weighted by molar-refractivity contribution is 5.69. The van der Waals surface area contributed by atoms with Crippen molar-refractivity contribution in [3.05, 3.63) is 0 Å². The predicted molar refractivity (Wildman–Crippen MR) is 66.9 cm³/mol. The molecule has 1 heterocycles. The second-order valence-corrected chi connectivity index (χ2v) is 6.49. The molecule has 0 spiro atoms. The van der Waals surface area contributed by atoms with Crippen LogP contribution in [0.4, 0.5) is 4.79 Å². The van der Waals surface area contributed by atoms with Crippen LogP contribution >= 0.6 is 0 Å². The Balaban J connectivity index is 2.74. The van der Waals surface area contributed by atoms with E-state index in [1.54, 1.807) is 4.90 Å². The van der Waals surface area contributed by atoms with E-state index in [2.05, 4.69) is 0 Å². The molecule has 4 heteroatoms. The van der Waals surface area contributed by atoms with E-state index in [-0.39, 0.29) is 18.2 Å². The molecule has 4 nitrogen and oxygen atoms in total. The van der Waals surface area contributed by atoms with Crippen molar-refractivity contribution in [2.45, 2.75) is 77.7 Å². The zero-order valence-corrected chi connectivity index (χ0v) is 11.8. The molecule has 0 aromatic rings. The van der Waals surface area contributed by atoms with Crippen molar-refractivity contribution in [2.24, 2.45) is 0 Å². The number of hydrogen-bond acceptors (Lipinski definition) is 3. The molecule has 2 atom stereocenters. The summed E-state index contributed by atoms with van der Waals surface area (Å²) in [5.74, 6) is 0. The molecule has 1 saturated heterocycles. The number of carbonyl (C=O) groups is 1. The van der Waals surface area contributed by atoms with Gasteiger partial charge in [-0.3, -0.25) is 0 Å². The number of likely N-dealkylation sites (tertiary alicyclic amines) is 1. The molecule has 1 amide bonds. The molecule has 0 saturated carbocycles. The Kier molecular flexibility index (Phi) is 3.77. The number of hydrogen-bond donors (Lipinski definition) is 1. The van der Waals surface area contributed by atoms with Gasteiger partial charge in [-0.15, -0.1) is 0 Å². The maximum absolute atomic E-state index is 12.1. The summed E-state index contributed by atoms with van der Waals surface area (Å²) in [5.41, 5.74) is -1.16. The van der Waals surface area contributed by atoms with Crippen LogP contribution in [0.3, 0.4) is 0 Å². The summed E-state index contributed by atoms with van der Waals surface area (Å²) in [5, 5.41) is 10.1. The monoisotopic (exact) mass is 243 g/mol. The molecule has 0 radical (unpaired) electrons. The quantitative estimate of drug-likeness (QED) is 0.711. The van der Waals surface area contributed by atoms with Gasteiger partial charge in [-0.1, -0.05) is 0 Å². The Hall–Kier alpha value is -0.770. The van der Waals surface area contributed by atoms with Gasteiger partial charge in [-0.05, 0) is 54.4 Å². The number of nitrogens with zero attached hydrogens (tertiary/aromatic N) is 1. The van der Waals surface area contributed by atoms with Crippen LogP contribution in [0.5, 0.6) is 0 Å². The lowest BCUT2D eigenvalue weighted by Crippen LogP contribution is -2.55. The summed E-state index contributed by atoms with van der Waals surface area (Å²) in [7, 11) is 0. The van der Waals surface area contributed by atoms with Gasteiger partial charge in [0.15, 0.2) is 0 Å². The molecule has 2 unspecified atom stereocenters. The third-order valence-corrected chi connectivity index (χ3v) is 3.02. The molecule has 1 rings (SSSR count). The smallest absolute Gasteiger partial charge is 0.410 e. The second-order valence-electron chi connectivity index (χ2n) is 6.49. The highest BCUT2D eigenvalue weighted by Crippen LogP contribution is 2.31. The first kappa shape index (κ1) is 14.3. The van der Waals surface area contributed by atoms with Crippen LogP contribution in [0, 0.1) is 0 Å². The van der Waals surface area contributed by atoms with Crippen LogP contribution in [-0.4, -0.2) is 39.4 Å². The van der Waals surface area contributed by atoms with E-state index in [1.807, 2.05) is 41.5 Å². The lowest BCUT2D eigenvalue weighted by Gasteiger charge is -2.45. The van der Waals surface area contributed by atoms with Crippen LogP contribution in [0.1, 0.15) is 54.4 Å². The van der Waals surface area contributed by atoms with E-state index < -0.39 is 11.2 Å². The van der Waals surface area contributed by atoms with Crippen LogP contribution in [0.15, 0.2) is 0 Å². The first-order valence-corrected chi connectivity index (χ1v) is 6.25. The van der Waals surface area contributed by atoms with Gasteiger partial charge in [0, 0.05) is 12.1 Å². The molecule has 0 aromatic heterocycles. The summed E-state index contributed by atoms with van der Waals surface area (Å²) in [6, 6.07) is 0.00667. The van der Waals surface area contributed by atoms with E-state index in [0.29, 0.717) is 12.8 Å². The molecule has 1 fully saturated rings. The molecule has 17 heavy (non-hydrogen) atoms. The Labute approximate surface area is 104 Å².